The molecule has 5 aromatic carbocycles. The summed E-state index contributed by atoms with van der Waals surface area (Å²) in [4.78, 5) is 5.40. The molecule has 0 aliphatic heterocycles. The molecular formula is C43H50N2O. The third-order valence-corrected chi connectivity index (χ3v) is 9.62. The summed E-state index contributed by atoms with van der Waals surface area (Å²) >= 11 is 0. The maximum absolute atomic E-state index is 10.1. The number of rotatable bonds is 16. The number of phenolic OH excluding ortho intramolecular Hbond substituents is 1. The molecule has 0 bridgehead atoms. The summed E-state index contributed by atoms with van der Waals surface area (Å²) in [6.07, 6.45) is 18.0. The van der Waals surface area contributed by atoms with E-state index in [1.807, 2.05) is 12.1 Å². The van der Waals surface area contributed by atoms with Crippen molar-refractivity contribution in [3.05, 3.63) is 102 Å². The number of aromatic nitrogens is 2. The topological polar surface area (TPSA) is 38.0 Å². The van der Waals surface area contributed by atoms with Crippen molar-refractivity contribution in [3.63, 3.8) is 0 Å². The van der Waals surface area contributed by atoms with Crippen molar-refractivity contribution in [2.45, 2.75) is 104 Å². The Hall–Kier alpha value is -4.11. The number of nitrogens with zero attached hydrogens (tertiary/aromatic N) is 2. The fourth-order valence-electron chi connectivity index (χ4n) is 7.06. The van der Waals surface area contributed by atoms with Crippen LogP contribution < -0.4 is 0 Å². The first-order chi connectivity index (χ1) is 22.7. The summed E-state index contributed by atoms with van der Waals surface area (Å²) < 4.78 is 2.30. The van der Waals surface area contributed by atoms with Crippen LogP contribution in [0.4, 0.5) is 0 Å². The highest BCUT2D eigenvalue weighted by Gasteiger charge is 2.20. The lowest BCUT2D eigenvalue weighted by Crippen LogP contribution is -1.98. The van der Waals surface area contributed by atoms with E-state index in [4.69, 9.17) is 4.98 Å². The van der Waals surface area contributed by atoms with E-state index in [0.717, 1.165) is 41.0 Å². The van der Waals surface area contributed by atoms with Gasteiger partial charge >= 0.3 is 0 Å². The van der Waals surface area contributed by atoms with E-state index in [-0.39, 0.29) is 5.75 Å². The highest BCUT2D eigenvalue weighted by molar-refractivity contribution is 6.24. The Morgan fingerprint density at radius 3 is 1.70 bits per heavy atom. The zero-order valence-electron chi connectivity index (χ0n) is 27.9. The van der Waals surface area contributed by atoms with E-state index >= 15 is 0 Å². The number of hydrogen-bond acceptors (Lipinski definition) is 2. The fourth-order valence-corrected chi connectivity index (χ4v) is 7.06. The predicted molar refractivity (Wildman–Crippen MR) is 197 cm³/mol. The normalized spacial score (nSPS) is 11.7. The number of hydrogen-bond donors (Lipinski definition) is 1. The van der Waals surface area contributed by atoms with E-state index < -0.39 is 0 Å². The van der Waals surface area contributed by atoms with Gasteiger partial charge in [-0.15, -0.1) is 0 Å². The maximum Gasteiger partial charge on any atom is 0.145 e. The number of aromatic hydroxyl groups is 1. The summed E-state index contributed by atoms with van der Waals surface area (Å²) in [6.45, 7) is 4.57. The van der Waals surface area contributed by atoms with E-state index in [1.54, 1.807) is 12.1 Å². The summed E-state index contributed by atoms with van der Waals surface area (Å²) in [7, 11) is 0. The molecule has 1 heterocycles. The second-order valence-corrected chi connectivity index (χ2v) is 13.1. The van der Waals surface area contributed by atoms with Crippen LogP contribution in [0.3, 0.4) is 0 Å². The number of fused-ring (bicyclic) bond motifs is 6. The summed E-state index contributed by atoms with van der Waals surface area (Å²) in [5.41, 5.74) is 7.07. The molecule has 238 valence electrons. The first kappa shape index (κ1) is 31.9. The number of benzene rings is 5. The summed E-state index contributed by atoms with van der Waals surface area (Å²) in [6, 6.07) is 32.3. The molecule has 0 atom stereocenters. The fraction of sp³-hybridized carbons (Fsp3) is 0.372. The van der Waals surface area contributed by atoms with Gasteiger partial charge in [0.2, 0.25) is 0 Å². The van der Waals surface area contributed by atoms with Gasteiger partial charge in [-0.2, -0.15) is 0 Å². The third kappa shape index (κ3) is 7.15. The van der Waals surface area contributed by atoms with E-state index in [0.29, 0.717) is 0 Å². The van der Waals surface area contributed by atoms with Crippen molar-refractivity contribution in [1.82, 2.24) is 9.55 Å². The lowest BCUT2D eigenvalue weighted by molar-refractivity contribution is 0.475. The lowest BCUT2D eigenvalue weighted by Gasteiger charge is -2.14. The second kappa shape index (κ2) is 15.5. The monoisotopic (exact) mass is 610 g/mol. The van der Waals surface area contributed by atoms with Crippen molar-refractivity contribution in [2.24, 2.45) is 0 Å². The quantitative estimate of drug-likeness (QED) is 0.0874. The molecular weight excluding hydrogens is 560 g/mol. The van der Waals surface area contributed by atoms with Crippen molar-refractivity contribution >= 4 is 32.6 Å². The van der Waals surface area contributed by atoms with E-state index in [2.05, 4.69) is 85.1 Å². The molecule has 0 aliphatic rings. The molecule has 6 rings (SSSR count). The third-order valence-electron chi connectivity index (χ3n) is 9.62. The van der Waals surface area contributed by atoms with Gasteiger partial charge < -0.3 is 5.11 Å². The van der Waals surface area contributed by atoms with Crippen LogP contribution >= 0.6 is 0 Å². The Kier molecular flexibility index (Phi) is 10.7. The van der Waals surface area contributed by atoms with Gasteiger partial charge in [0, 0.05) is 22.0 Å². The van der Waals surface area contributed by atoms with Gasteiger partial charge in [0.25, 0.3) is 0 Å². The summed E-state index contributed by atoms with van der Waals surface area (Å²) in [5.74, 6) is 1.18. The molecule has 0 saturated carbocycles. The summed E-state index contributed by atoms with van der Waals surface area (Å²) in [5, 5.41) is 15.2. The molecule has 46 heavy (non-hydrogen) atoms. The predicted octanol–water partition coefficient (Wildman–Crippen LogP) is 12.5. The van der Waals surface area contributed by atoms with Crippen molar-refractivity contribution < 1.29 is 5.11 Å². The van der Waals surface area contributed by atoms with Crippen LogP contribution in [-0.4, -0.2) is 14.7 Å². The Balaban J connectivity index is 1.49. The minimum absolute atomic E-state index is 0.266. The van der Waals surface area contributed by atoms with Gasteiger partial charge in [-0.3, -0.25) is 4.57 Å². The molecule has 3 heteroatoms. The molecule has 0 spiro atoms. The molecule has 0 amide bonds. The standard InChI is InChI=1S/C43H50N2O/c1-3-5-7-9-11-14-18-32-22-28-37-39(30-32)40-31-33(19-15-12-10-8-6-4-2)23-29-38(40)42-41(37)44-43(34-20-16-13-17-21-34)45(42)35-24-26-36(46)27-25-35/h13,16-17,20-31,46H,3-12,14-15,18-19H2,1-2H3. The highest BCUT2D eigenvalue weighted by atomic mass is 16.3. The molecule has 3 nitrogen and oxygen atoms in total. The van der Waals surface area contributed by atoms with Crippen molar-refractivity contribution in [1.29, 1.82) is 0 Å². The largest absolute Gasteiger partial charge is 0.508 e. The van der Waals surface area contributed by atoms with Crippen LogP contribution in [0.1, 0.15) is 102 Å². The van der Waals surface area contributed by atoms with E-state index in [1.165, 1.54) is 110 Å². The number of aryl methyl sites for hydroxylation is 2. The number of unbranched alkanes of at least 4 members (excludes halogenated alkanes) is 10. The van der Waals surface area contributed by atoms with Gasteiger partial charge in [0.05, 0.1) is 11.0 Å². The smallest absolute Gasteiger partial charge is 0.145 e. The van der Waals surface area contributed by atoms with Gasteiger partial charge in [-0.05, 0) is 71.8 Å². The van der Waals surface area contributed by atoms with Crippen LogP contribution in [0.5, 0.6) is 5.75 Å². The van der Waals surface area contributed by atoms with E-state index in [9.17, 15) is 5.11 Å². The Morgan fingerprint density at radius 1 is 0.543 bits per heavy atom. The lowest BCUT2D eigenvalue weighted by atomic mass is 9.94. The SMILES string of the molecule is CCCCCCCCc1ccc2c(c1)c1cc(CCCCCCCC)ccc1c1c2nc(-c2ccccc2)n1-c1ccc(O)cc1. The molecule has 6 aromatic rings. The molecule has 0 saturated heterocycles. The molecule has 1 aromatic heterocycles. The Labute approximate surface area is 275 Å². The average molecular weight is 611 g/mol. The zero-order valence-corrected chi connectivity index (χ0v) is 27.9. The number of phenols is 1. The van der Waals surface area contributed by atoms with Crippen LogP contribution in [0.15, 0.2) is 91.0 Å². The van der Waals surface area contributed by atoms with Crippen LogP contribution in [-0.2, 0) is 12.8 Å². The Morgan fingerprint density at radius 2 is 1.09 bits per heavy atom. The van der Waals surface area contributed by atoms with Gasteiger partial charge in [-0.1, -0.05) is 145 Å². The first-order valence-corrected chi connectivity index (χ1v) is 17.9. The first-order valence-electron chi connectivity index (χ1n) is 17.9. The molecule has 1 N–H and O–H groups in total. The minimum Gasteiger partial charge on any atom is -0.508 e. The zero-order chi connectivity index (χ0) is 31.7. The van der Waals surface area contributed by atoms with Crippen LogP contribution in [0.25, 0.3) is 49.7 Å². The molecule has 0 fully saturated rings. The highest BCUT2D eigenvalue weighted by Crippen LogP contribution is 2.40. The van der Waals surface area contributed by atoms with Gasteiger partial charge in [-0.25, -0.2) is 4.98 Å². The van der Waals surface area contributed by atoms with Crippen molar-refractivity contribution in [2.75, 3.05) is 0 Å². The molecule has 0 unspecified atom stereocenters. The maximum atomic E-state index is 10.1. The number of imidazole rings is 1. The van der Waals surface area contributed by atoms with Crippen LogP contribution in [0.2, 0.25) is 0 Å². The molecule has 0 aliphatic carbocycles. The minimum atomic E-state index is 0.266. The average Bonchev–Trinajstić information content (AvgIpc) is 3.49. The van der Waals surface area contributed by atoms with Gasteiger partial charge in [0.15, 0.2) is 0 Å². The molecule has 0 radical (unpaired) electrons. The van der Waals surface area contributed by atoms with Crippen molar-refractivity contribution in [3.8, 4) is 22.8 Å². The second-order valence-electron chi connectivity index (χ2n) is 13.1. The van der Waals surface area contributed by atoms with Gasteiger partial charge in [0.1, 0.15) is 11.6 Å². The van der Waals surface area contributed by atoms with Crippen LogP contribution in [0, 0.1) is 0 Å². The Bertz CT molecular complexity index is 1870.